The Labute approximate surface area is 118 Å². The molecule has 1 heterocycles. The second kappa shape index (κ2) is 6.62. The van der Waals surface area contributed by atoms with Gasteiger partial charge in [0.1, 0.15) is 13.1 Å². The van der Waals surface area contributed by atoms with Gasteiger partial charge in [0.05, 0.1) is 11.0 Å². The monoisotopic (exact) mass is 296 g/mol. The molecule has 0 amide bonds. The van der Waals surface area contributed by atoms with E-state index < -0.39 is 10.1 Å². The second-order valence-corrected chi connectivity index (χ2v) is 6.20. The standard InChI is InChI=1S/C13H17N3O3S/c17-20(18,19)11-5-4-8-15-9-10-16(14-15)12-13-6-2-1-3-7-13/h1-3,6-7,9-10H,4-5,8,11-12H2/p+1. The molecule has 1 N–H and O–H groups in total. The first kappa shape index (κ1) is 14.7. The summed E-state index contributed by atoms with van der Waals surface area (Å²) in [6, 6.07) is 10.0. The minimum Gasteiger partial charge on any atom is -0.286 e. The Morgan fingerprint density at radius 3 is 2.65 bits per heavy atom. The van der Waals surface area contributed by atoms with Gasteiger partial charge in [0.15, 0.2) is 12.4 Å². The Morgan fingerprint density at radius 1 is 1.20 bits per heavy atom. The SMILES string of the molecule is O=S(=O)(O)CCCCn1cc[n+](Cc2ccccc2)n1. The van der Waals surface area contributed by atoms with E-state index in [1.54, 1.807) is 4.68 Å². The molecule has 1 aromatic carbocycles. The molecule has 0 unspecified atom stereocenters. The Morgan fingerprint density at radius 2 is 1.95 bits per heavy atom. The minimum absolute atomic E-state index is 0.196. The van der Waals surface area contributed by atoms with Crippen molar-refractivity contribution in [2.75, 3.05) is 5.75 Å². The maximum absolute atomic E-state index is 10.6. The van der Waals surface area contributed by atoms with Crippen LogP contribution in [0.4, 0.5) is 0 Å². The summed E-state index contributed by atoms with van der Waals surface area (Å²) in [5, 5.41) is 4.36. The zero-order chi connectivity index (χ0) is 14.4. The summed E-state index contributed by atoms with van der Waals surface area (Å²) >= 11 is 0. The normalized spacial score (nSPS) is 11.7. The van der Waals surface area contributed by atoms with Crippen molar-refractivity contribution in [2.45, 2.75) is 25.9 Å². The van der Waals surface area contributed by atoms with Crippen molar-refractivity contribution in [1.29, 1.82) is 0 Å². The summed E-state index contributed by atoms with van der Waals surface area (Å²) in [5.41, 5.74) is 1.18. The molecule has 2 aromatic rings. The van der Waals surface area contributed by atoms with Crippen LogP contribution in [0.15, 0.2) is 42.7 Å². The van der Waals surface area contributed by atoms with E-state index in [0.29, 0.717) is 25.9 Å². The zero-order valence-corrected chi connectivity index (χ0v) is 11.9. The van der Waals surface area contributed by atoms with Crippen LogP contribution in [-0.4, -0.2) is 28.6 Å². The van der Waals surface area contributed by atoms with Gasteiger partial charge in [-0.05, 0) is 18.4 Å². The summed E-state index contributed by atoms with van der Waals surface area (Å²) in [4.78, 5) is 0. The molecule has 7 heteroatoms. The first-order valence-corrected chi connectivity index (χ1v) is 8.06. The van der Waals surface area contributed by atoms with Gasteiger partial charge in [-0.25, -0.2) is 0 Å². The van der Waals surface area contributed by atoms with E-state index in [1.807, 2.05) is 47.4 Å². The van der Waals surface area contributed by atoms with E-state index in [1.165, 1.54) is 5.56 Å². The van der Waals surface area contributed by atoms with Crippen molar-refractivity contribution >= 4 is 10.1 Å². The van der Waals surface area contributed by atoms with Crippen LogP contribution in [0, 0.1) is 0 Å². The van der Waals surface area contributed by atoms with Crippen molar-refractivity contribution in [3.05, 3.63) is 48.3 Å². The number of unbranched alkanes of at least 4 members (excludes halogenated alkanes) is 1. The van der Waals surface area contributed by atoms with Crippen LogP contribution in [0.5, 0.6) is 0 Å². The van der Waals surface area contributed by atoms with Gasteiger partial charge in [-0.1, -0.05) is 30.3 Å². The van der Waals surface area contributed by atoms with Crippen LogP contribution in [-0.2, 0) is 23.2 Å². The third-order valence-corrected chi connectivity index (χ3v) is 3.67. The summed E-state index contributed by atoms with van der Waals surface area (Å²) in [5.74, 6) is -0.196. The van der Waals surface area contributed by atoms with Crippen molar-refractivity contribution < 1.29 is 17.7 Å². The maximum atomic E-state index is 10.6. The lowest BCUT2D eigenvalue weighted by atomic mass is 10.2. The molecule has 0 aliphatic heterocycles. The summed E-state index contributed by atoms with van der Waals surface area (Å²) < 4.78 is 33.4. The predicted molar refractivity (Wildman–Crippen MR) is 73.6 cm³/mol. The van der Waals surface area contributed by atoms with Crippen LogP contribution in [0.2, 0.25) is 0 Å². The van der Waals surface area contributed by atoms with E-state index in [0.717, 1.165) is 0 Å². The van der Waals surface area contributed by atoms with E-state index in [4.69, 9.17) is 4.55 Å². The predicted octanol–water partition coefficient (Wildman–Crippen LogP) is 0.887. The van der Waals surface area contributed by atoms with E-state index >= 15 is 0 Å². The van der Waals surface area contributed by atoms with Crippen LogP contribution in [0.1, 0.15) is 18.4 Å². The van der Waals surface area contributed by atoms with Gasteiger partial charge >= 0.3 is 0 Å². The summed E-state index contributed by atoms with van der Waals surface area (Å²) in [7, 11) is -3.85. The molecular formula is C13H18N3O3S+. The molecule has 0 fully saturated rings. The highest BCUT2D eigenvalue weighted by Crippen LogP contribution is 1.98. The number of hydrogen-bond acceptors (Lipinski definition) is 3. The highest BCUT2D eigenvalue weighted by atomic mass is 32.2. The third-order valence-electron chi connectivity index (χ3n) is 2.87. The topological polar surface area (TPSA) is 76.1 Å². The molecule has 0 aliphatic carbocycles. The Hall–Kier alpha value is -1.73. The van der Waals surface area contributed by atoms with Gasteiger partial charge in [-0.15, -0.1) is 9.36 Å². The second-order valence-electron chi connectivity index (χ2n) is 4.63. The van der Waals surface area contributed by atoms with E-state index in [9.17, 15) is 8.42 Å². The molecule has 0 atom stereocenters. The lowest BCUT2D eigenvalue weighted by Gasteiger charge is -1.96. The van der Waals surface area contributed by atoms with E-state index in [2.05, 4.69) is 5.21 Å². The molecular weight excluding hydrogens is 278 g/mol. The molecule has 0 aliphatic rings. The Kier molecular flexibility index (Phi) is 4.86. The number of aromatic nitrogens is 3. The van der Waals surface area contributed by atoms with Crippen LogP contribution in [0.25, 0.3) is 0 Å². The number of benzene rings is 1. The molecule has 0 spiro atoms. The van der Waals surface area contributed by atoms with Crippen molar-refractivity contribution in [3.63, 3.8) is 0 Å². The number of nitrogens with zero attached hydrogens (tertiary/aromatic N) is 3. The Bertz CT molecular complexity index is 638. The maximum Gasteiger partial charge on any atom is 0.264 e. The lowest BCUT2D eigenvalue weighted by molar-refractivity contribution is -0.747. The highest BCUT2D eigenvalue weighted by molar-refractivity contribution is 7.85. The van der Waals surface area contributed by atoms with Crippen molar-refractivity contribution in [3.8, 4) is 0 Å². The number of hydrogen-bond donors (Lipinski definition) is 1. The molecule has 108 valence electrons. The molecule has 0 saturated heterocycles. The average Bonchev–Trinajstić information content (AvgIpc) is 2.82. The van der Waals surface area contributed by atoms with Gasteiger partial charge in [0.2, 0.25) is 0 Å². The highest BCUT2D eigenvalue weighted by Gasteiger charge is 2.08. The molecule has 20 heavy (non-hydrogen) atoms. The molecule has 0 saturated carbocycles. The van der Waals surface area contributed by atoms with Crippen LogP contribution in [0.3, 0.4) is 0 Å². The van der Waals surface area contributed by atoms with Crippen molar-refractivity contribution in [1.82, 2.24) is 9.90 Å². The fourth-order valence-corrected chi connectivity index (χ4v) is 2.46. The number of aryl methyl sites for hydroxylation is 1. The molecule has 2 rings (SSSR count). The van der Waals surface area contributed by atoms with Crippen LogP contribution < -0.4 is 4.68 Å². The van der Waals surface area contributed by atoms with Gasteiger partial charge in [0, 0.05) is 0 Å². The van der Waals surface area contributed by atoms with Gasteiger partial charge in [-0.2, -0.15) is 8.42 Å². The van der Waals surface area contributed by atoms with Crippen molar-refractivity contribution in [2.24, 2.45) is 0 Å². The molecule has 0 radical (unpaired) electrons. The largest absolute Gasteiger partial charge is 0.286 e. The number of rotatable bonds is 7. The summed E-state index contributed by atoms with van der Waals surface area (Å²) in [6.07, 6.45) is 4.83. The van der Waals surface area contributed by atoms with Gasteiger partial charge in [0.25, 0.3) is 10.1 Å². The quantitative estimate of drug-likeness (QED) is 0.467. The first-order chi connectivity index (χ1) is 9.53. The smallest absolute Gasteiger partial charge is 0.264 e. The van der Waals surface area contributed by atoms with Gasteiger partial charge < -0.3 is 0 Å². The summed E-state index contributed by atoms with van der Waals surface area (Å²) in [6.45, 7) is 1.34. The zero-order valence-electron chi connectivity index (χ0n) is 11.1. The fourth-order valence-electron chi connectivity index (χ4n) is 1.89. The fraction of sp³-hybridized carbons (Fsp3) is 0.385. The van der Waals surface area contributed by atoms with Crippen LogP contribution >= 0.6 is 0 Å². The first-order valence-electron chi connectivity index (χ1n) is 6.45. The molecule has 1 aromatic heterocycles. The average molecular weight is 296 g/mol. The molecule has 6 nitrogen and oxygen atoms in total. The van der Waals surface area contributed by atoms with E-state index in [-0.39, 0.29) is 5.75 Å². The Balaban J connectivity index is 1.81. The lowest BCUT2D eigenvalue weighted by Crippen LogP contribution is -2.36. The molecule has 0 bridgehead atoms. The third kappa shape index (κ3) is 5.10. The van der Waals surface area contributed by atoms with Gasteiger partial charge in [-0.3, -0.25) is 4.55 Å². The minimum atomic E-state index is -3.85.